The summed E-state index contributed by atoms with van der Waals surface area (Å²) in [6, 6.07) is 5.48. The van der Waals surface area contributed by atoms with Gasteiger partial charge in [-0.2, -0.15) is 0 Å². The van der Waals surface area contributed by atoms with Crippen molar-refractivity contribution in [3.8, 4) is 5.75 Å². The molecule has 1 aromatic rings. The second kappa shape index (κ2) is 4.91. The maximum atomic E-state index is 11.7. The molecule has 0 saturated heterocycles. The van der Waals surface area contributed by atoms with Crippen molar-refractivity contribution in [3.63, 3.8) is 0 Å². The Balaban J connectivity index is 2.28. The van der Waals surface area contributed by atoms with Gasteiger partial charge >= 0.3 is 5.97 Å². The number of rotatable bonds is 3. The molecule has 1 aliphatic rings. The Kier molecular flexibility index (Phi) is 3.51. The molecule has 90 valence electrons. The van der Waals surface area contributed by atoms with Gasteiger partial charge < -0.3 is 14.7 Å². The van der Waals surface area contributed by atoms with E-state index < -0.39 is 5.97 Å². The number of aliphatic carboxylic acids is 1. The predicted octanol–water partition coefficient (Wildman–Crippen LogP) is 1.49. The summed E-state index contributed by atoms with van der Waals surface area (Å²) in [5, 5.41) is 8.66. The molecule has 1 heterocycles. The second-order valence-corrected chi connectivity index (χ2v) is 4.84. The van der Waals surface area contributed by atoms with E-state index in [1.807, 2.05) is 12.1 Å². The fourth-order valence-electron chi connectivity index (χ4n) is 1.63. The highest BCUT2D eigenvalue weighted by Crippen LogP contribution is 2.33. The molecule has 0 saturated carbocycles. The lowest BCUT2D eigenvalue weighted by Crippen LogP contribution is -2.40. The Morgan fingerprint density at radius 3 is 3.00 bits per heavy atom. The second-order valence-electron chi connectivity index (χ2n) is 3.59. The van der Waals surface area contributed by atoms with Gasteiger partial charge in [0.05, 0.1) is 12.1 Å². The van der Waals surface area contributed by atoms with E-state index in [9.17, 15) is 9.59 Å². The quantitative estimate of drug-likeness (QED) is 0.842. The molecule has 2 rings (SSSR count). The molecule has 0 aliphatic carbocycles. The van der Waals surface area contributed by atoms with Crippen LogP contribution in [-0.2, 0) is 9.59 Å². The molecule has 0 bridgehead atoms. The summed E-state index contributed by atoms with van der Waals surface area (Å²) in [4.78, 5) is 23.7. The Morgan fingerprint density at radius 2 is 2.29 bits per heavy atom. The minimum absolute atomic E-state index is 0.0345. The van der Waals surface area contributed by atoms with E-state index in [4.69, 9.17) is 9.84 Å². The van der Waals surface area contributed by atoms with Crippen LogP contribution in [0.4, 0.5) is 5.69 Å². The minimum Gasteiger partial charge on any atom is -0.482 e. The van der Waals surface area contributed by atoms with Crippen LogP contribution in [0.5, 0.6) is 5.75 Å². The number of carbonyl (C=O) groups excluding carboxylic acids is 1. The fraction of sp³-hybridized carbons (Fsp3) is 0.273. The molecule has 1 amide bonds. The van der Waals surface area contributed by atoms with E-state index in [1.54, 1.807) is 6.07 Å². The van der Waals surface area contributed by atoms with Crippen molar-refractivity contribution in [2.45, 2.75) is 6.42 Å². The van der Waals surface area contributed by atoms with E-state index in [0.717, 1.165) is 3.57 Å². The first kappa shape index (κ1) is 12.2. The van der Waals surface area contributed by atoms with Crippen LogP contribution in [-0.4, -0.2) is 30.1 Å². The smallest absolute Gasteiger partial charge is 0.305 e. The van der Waals surface area contributed by atoms with Crippen LogP contribution in [0.3, 0.4) is 0 Å². The molecule has 0 radical (unpaired) electrons. The van der Waals surface area contributed by atoms with Gasteiger partial charge in [0.1, 0.15) is 5.75 Å². The number of hydrogen-bond acceptors (Lipinski definition) is 3. The normalized spacial score (nSPS) is 14.2. The fourth-order valence-corrected chi connectivity index (χ4v) is 2.10. The molecule has 1 aromatic carbocycles. The molecule has 6 heteroatoms. The molecular formula is C11H10INO4. The van der Waals surface area contributed by atoms with Crippen molar-refractivity contribution < 1.29 is 19.4 Å². The predicted molar refractivity (Wildman–Crippen MR) is 69.3 cm³/mol. The molecule has 17 heavy (non-hydrogen) atoms. The molecule has 1 aliphatic heterocycles. The zero-order valence-electron chi connectivity index (χ0n) is 8.85. The summed E-state index contributed by atoms with van der Waals surface area (Å²) in [5.41, 5.74) is 0.648. The standard InChI is InChI=1S/C11H10INO4/c12-7-1-2-9-8(5-7)13(4-3-11(15)16)10(14)6-17-9/h1-2,5H,3-4,6H2,(H,15,16). The first-order valence-corrected chi connectivity index (χ1v) is 6.10. The van der Waals surface area contributed by atoms with Crippen molar-refractivity contribution in [1.29, 1.82) is 0 Å². The van der Waals surface area contributed by atoms with E-state index in [1.165, 1.54) is 4.90 Å². The van der Waals surface area contributed by atoms with Gasteiger partial charge in [0.15, 0.2) is 6.61 Å². The monoisotopic (exact) mass is 347 g/mol. The topological polar surface area (TPSA) is 66.8 Å². The summed E-state index contributed by atoms with van der Waals surface area (Å²) < 4.78 is 6.26. The lowest BCUT2D eigenvalue weighted by atomic mass is 10.2. The van der Waals surface area contributed by atoms with Crippen LogP contribution >= 0.6 is 22.6 Å². The van der Waals surface area contributed by atoms with Crippen molar-refractivity contribution in [3.05, 3.63) is 21.8 Å². The molecule has 0 atom stereocenters. The Hall–Kier alpha value is -1.31. The number of carboxylic acids is 1. The summed E-state index contributed by atoms with van der Waals surface area (Å²) in [6.07, 6.45) is -0.0728. The third-order valence-corrected chi connectivity index (χ3v) is 3.08. The van der Waals surface area contributed by atoms with Crippen molar-refractivity contribution in [1.82, 2.24) is 0 Å². The van der Waals surface area contributed by atoms with Gasteiger partial charge in [0.25, 0.3) is 5.91 Å². The van der Waals surface area contributed by atoms with Gasteiger partial charge in [-0.15, -0.1) is 0 Å². The van der Waals surface area contributed by atoms with E-state index in [2.05, 4.69) is 22.6 Å². The van der Waals surface area contributed by atoms with Gasteiger partial charge in [-0.05, 0) is 40.8 Å². The van der Waals surface area contributed by atoms with Crippen molar-refractivity contribution >= 4 is 40.2 Å². The Labute approximate surface area is 112 Å². The lowest BCUT2D eigenvalue weighted by molar-refractivity contribution is -0.136. The van der Waals surface area contributed by atoms with Gasteiger partial charge in [0.2, 0.25) is 0 Å². The van der Waals surface area contributed by atoms with Gasteiger partial charge in [-0.25, -0.2) is 0 Å². The number of carbonyl (C=O) groups is 2. The zero-order chi connectivity index (χ0) is 12.4. The highest BCUT2D eigenvalue weighted by atomic mass is 127. The highest BCUT2D eigenvalue weighted by molar-refractivity contribution is 14.1. The number of hydrogen-bond donors (Lipinski definition) is 1. The zero-order valence-corrected chi connectivity index (χ0v) is 11.0. The average Bonchev–Trinajstić information content (AvgIpc) is 2.27. The van der Waals surface area contributed by atoms with Gasteiger partial charge in [0, 0.05) is 10.1 Å². The highest BCUT2D eigenvalue weighted by Gasteiger charge is 2.25. The third kappa shape index (κ3) is 2.68. The third-order valence-electron chi connectivity index (χ3n) is 2.41. The number of anilines is 1. The van der Waals surface area contributed by atoms with Crippen LogP contribution in [0.2, 0.25) is 0 Å². The van der Waals surface area contributed by atoms with Crippen molar-refractivity contribution in [2.75, 3.05) is 18.1 Å². The Morgan fingerprint density at radius 1 is 1.53 bits per heavy atom. The van der Waals surface area contributed by atoms with Crippen LogP contribution < -0.4 is 9.64 Å². The van der Waals surface area contributed by atoms with Gasteiger partial charge in [-0.1, -0.05) is 0 Å². The summed E-state index contributed by atoms with van der Waals surface area (Å²) >= 11 is 2.13. The van der Waals surface area contributed by atoms with E-state index >= 15 is 0 Å². The van der Waals surface area contributed by atoms with Gasteiger partial charge in [-0.3, -0.25) is 9.59 Å². The lowest BCUT2D eigenvalue weighted by Gasteiger charge is -2.29. The number of nitrogens with zero attached hydrogens (tertiary/aromatic N) is 1. The largest absolute Gasteiger partial charge is 0.482 e. The summed E-state index contributed by atoms with van der Waals surface area (Å²) in [5.74, 6) is -0.507. The Bertz CT molecular complexity index is 475. The molecule has 0 fully saturated rings. The molecule has 5 nitrogen and oxygen atoms in total. The van der Waals surface area contributed by atoms with Crippen LogP contribution in [0.25, 0.3) is 0 Å². The average molecular weight is 347 g/mol. The molecule has 0 aromatic heterocycles. The van der Waals surface area contributed by atoms with Crippen LogP contribution in [0.1, 0.15) is 6.42 Å². The van der Waals surface area contributed by atoms with E-state index in [-0.39, 0.29) is 25.5 Å². The molecule has 0 spiro atoms. The number of halogens is 1. The number of benzene rings is 1. The number of ether oxygens (including phenoxy) is 1. The van der Waals surface area contributed by atoms with Crippen molar-refractivity contribution in [2.24, 2.45) is 0 Å². The number of carboxylic acid groups (broad SMARTS) is 1. The number of fused-ring (bicyclic) bond motifs is 1. The summed E-state index contributed by atoms with van der Waals surface area (Å²) in [6.45, 7) is 0.137. The maximum Gasteiger partial charge on any atom is 0.305 e. The summed E-state index contributed by atoms with van der Waals surface area (Å²) in [7, 11) is 0. The first-order valence-electron chi connectivity index (χ1n) is 5.02. The number of amides is 1. The molecular weight excluding hydrogens is 337 g/mol. The SMILES string of the molecule is O=C(O)CCN1C(=O)COc2ccc(I)cc21. The van der Waals surface area contributed by atoms with E-state index in [0.29, 0.717) is 11.4 Å². The molecule has 1 N–H and O–H groups in total. The maximum absolute atomic E-state index is 11.7. The minimum atomic E-state index is -0.920. The molecule has 0 unspecified atom stereocenters. The van der Waals surface area contributed by atoms with Crippen LogP contribution in [0, 0.1) is 3.57 Å². The van der Waals surface area contributed by atoms with Crippen LogP contribution in [0.15, 0.2) is 18.2 Å². The first-order chi connectivity index (χ1) is 8.08.